The molecule has 5 nitrogen and oxygen atoms in total. The summed E-state index contributed by atoms with van der Waals surface area (Å²) in [6, 6.07) is 9.11. The second kappa shape index (κ2) is 9.35. The number of ether oxygens (including phenoxy) is 2. The van der Waals surface area contributed by atoms with Crippen LogP contribution in [-0.2, 0) is 6.42 Å². The fraction of sp³-hybridized carbons (Fsp3) is 0.368. The number of para-hydroxylation sites is 1. The number of rotatable bonds is 9. The Balaban J connectivity index is 1.79. The topological polar surface area (TPSA) is 71.0 Å². The van der Waals surface area contributed by atoms with Crippen LogP contribution >= 0.6 is 0 Å². The van der Waals surface area contributed by atoms with Gasteiger partial charge in [-0.05, 0) is 25.0 Å². The Morgan fingerprint density at radius 2 is 1.85 bits per heavy atom. The molecule has 0 aromatic heterocycles. The number of hydrogen-bond acceptors (Lipinski definition) is 5. The van der Waals surface area contributed by atoms with Gasteiger partial charge >= 0.3 is 0 Å². The maximum Gasteiger partial charge on any atom is 0.168 e. The Bertz CT molecular complexity index is 727. The molecule has 0 fully saturated rings. The van der Waals surface area contributed by atoms with E-state index in [-0.39, 0.29) is 24.9 Å². The third-order valence-electron chi connectivity index (χ3n) is 3.85. The van der Waals surface area contributed by atoms with Gasteiger partial charge in [0.1, 0.15) is 18.5 Å². The van der Waals surface area contributed by atoms with Crippen molar-refractivity contribution >= 4 is 0 Å². The molecule has 0 aliphatic carbocycles. The second-order valence-electron chi connectivity index (χ2n) is 6.02. The van der Waals surface area contributed by atoms with E-state index in [2.05, 4.69) is 5.32 Å². The number of phenolic OH excluding ortho intramolecular Hbond substituents is 1. The summed E-state index contributed by atoms with van der Waals surface area (Å²) in [5.41, 5.74) is 1.04. The fourth-order valence-electron chi connectivity index (χ4n) is 2.48. The highest BCUT2D eigenvalue weighted by Gasteiger charge is 2.14. The molecular formula is C19H23F2NO4. The van der Waals surface area contributed by atoms with Gasteiger partial charge < -0.3 is 25.0 Å². The van der Waals surface area contributed by atoms with Crippen molar-refractivity contribution in [2.75, 3.05) is 20.3 Å². The molecule has 0 aliphatic heterocycles. The van der Waals surface area contributed by atoms with E-state index in [0.29, 0.717) is 12.5 Å². The largest absolute Gasteiger partial charge is 0.505 e. The standard InChI is InChI=1S/C19H23F2NO4/c1-12(7-13-5-3-4-6-18(13)25-2)22-10-14(23)11-26-19-9-15(20)17(24)8-16(19)21/h3-6,8-9,12,14,22-24H,7,10-11H2,1-2H3/t12?,14-/m0/s1. The molecule has 2 aromatic rings. The zero-order valence-corrected chi connectivity index (χ0v) is 14.7. The van der Waals surface area contributed by atoms with E-state index < -0.39 is 23.5 Å². The number of nitrogens with one attached hydrogen (secondary N) is 1. The van der Waals surface area contributed by atoms with E-state index >= 15 is 0 Å². The Morgan fingerprint density at radius 3 is 2.58 bits per heavy atom. The minimum atomic E-state index is -0.987. The highest BCUT2D eigenvalue weighted by Crippen LogP contribution is 2.25. The van der Waals surface area contributed by atoms with Crippen LogP contribution in [0, 0.1) is 11.6 Å². The third-order valence-corrected chi connectivity index (χ3v) is 3.85. The van der Waals surface area contributed by atoms with Gasteiger partial charge in [0, 0.05) is 24.7 Å². The lowest BCUT2D eigenvalue weighted by Crippen LogP contribution is -2.37. The van der Waals surface area contributed by atoms with Crippen molar-refractivity contribution in [3.05, 3.63) is 53.6 Å². The molecule has 3 N–H and O–H groups in total. The summed E-state index contributed by atoms with van der Waals surface area (Å²) >= 11 is 0. The summed E-state index contributed by atoms with van der Waals surface area (Å²) in [6.45, 7) is 1.98. The van der Waals surface area contributed by atoms with Gasteiger partial charge in [0.15, 0.2) is 23.1 Å². The zero-order chi connectivity index (χ0) is 19.1. The van der Waals surface area contributed by atoms with Crippen LogP contribution < -0.4 is 14.8 Å². The number of halogens is 2. The van der Waals surface area contributed by atoms with Crippen LogP contribution in [-0.4, -0.2) is 42.6 Å². The summed E-state index contributed by atoms with van der Waals surface area (Å²) in [4.78, 5) is 0. The Hall–Kier alpha value is -2.38. The lowest BCUT2D eigenvalue weighted by molar-refractivity contribution is 0.101. The van der Waals surface area contributed by atoms with Crippen LogP contribution in [0.5, 0.6) is 17.2 Å². The van der Waals surface area contributed by atoms with Crippen molar-refractivity contribution in [3.8, 4) is 17.2 Å². The number of benzene rings is 2. The van der Waals surface area contributed by atoms with E-state index in [1.807, 2.05) is 31.2 Å². The van der Waals surface area contributed by atoms with Crippen LogP contribution in [0.4, 0.5) is 8.78 Å². The maximum absolute atomic E-state index is 13.5. The Labute approximate surface area is 151 Å². The lowest BCUT2D eigenvalue weighted by atomic mass is 10.1. The van der Waals surface area contributed by atoms with Crippen molar-refractivity contribution in [2.24, 2.45) is 0 Å². The highest BCUT2D eigenvalue weighted by molar-refractivity contribution is 5.34. The Kier molecular flexibility index (Phi) is 7.17. The zero-order valence-electron chi connectivity index (χ0n) is 14.7. The van der Waals surface area contributed by atoms with Crippen molar-refractivity contribution in [3.63, 3.8) is 0 Å². The minimum absolute atomic E-state index is 0.0591. The van der Waals surface area contributed by atoms with E-state index in [9.17, 15) is 13.9 Å². The van der Waals surface area contributed by atoms with Gasteiger partial charge in [0.25, 0.3) is 0 Å². The molecule has 0 bridgehead atoms. The van der Waals surface area contributed by atoms with Gasteiger partial charge in [-0.3, -0.25) is 0 Å². The highest BCUT2D eigenvalue weighted by atomic mass is 19.1. The van der Waals surface area contributed by atoms with Crippen LogP contribution in [0.25, 0.3) is 0 Å². The summed E-state index contributed by atoms with van der Waals surface area (Å²) in [6.07, 6.45) is -0.207. The number of methoxy groups -OCH3 is 1. The lowest BCUT2D eigenvalue weighted by Gasteiger charge is -2.19. The second-order valence-corrected chi connectivity index (χ2v) is 6.02. The summed E-state index contributed by atoms with van der Waals surface area (Å²) < 4.78 is 37.2. The quantitative estimate of drug-likeness (QED) is 0.636. The van der Waals surface area contributed by atoms with E-state index in [0.717, 1.165) is 17.4 Å². The first-order valence-corrected chi connectivity index (χ1v) is 8.24. The van der Waals surface area contributed by atoms with Crippen molar-refractivity contribution in [1.29, 1.82) is 0 Å². The summed E-state index contributed by atoms with van der Waals surface area (Å²) in [5.74, 6) is -2.23. The van der Waals surface area contributed by atoms with Crippen molar-refractivity contribution < 1.29 is 28.5 Å². The number of aliphatic hydroxyl groups is 1. The monoisotopic (exact) mass is 367 g/mol. The molecule has 0 saturated carbocycles. The predicted octanol–water partition coefficient (Wildman–Crippen LogP) is 2.64. The molecule has 0 heterocycles. The molecule has 7 heteroatoms. The van der Waals surface area contributed by atoms with Crippen LogP contribution in [0.1, 0.15) is 12.5 Å². The Morgan fingerprint density at radius 1 is 1.12 bits per heavy atom. The molecule has 0 amide bonds. The molecule has 142 valence electrons. The molecule has 2 rings (SSSR count). The molecule has 0 aliphatic rings. The van der Waals surface area contributed by atoms with E-state index in [4.69, 9.17) is 14.6 Å². The summed E-state index contributed by atoms with van der Waals surface area (Å²) in [5, 5.41) is 22.2. The van der Waals surface area contributed by atoms with Gasteiger partial charge in [-0.25, -0.2) is 8.78 Å². The number of phenols is 1. The van der Waals surface area contributed by atoms with Gasteiger partial charge in [0.2, 0.25) is 0 Å². The third kappa shape index (κ3) is 5.57. The van der Waals surface area contributed by atoms with E-state index in [1.165, 1.54) is 0 Å². The number of aliphatic hydroxyl groups excluding tert-OH is 1. The van der Waals surface area contributed by atoms with Crippen molar-refractivity contribution in [2.45, 2.75) is 25.5 Å². The summed E-state index contributed by atoms with van der Waals surface area (Å²) in [7, 11) is 1.61. The van der Waals surface area contributed by atoms with Gasteiger partial charge in [-0.1, -0.05) is 18.2 Å². The van der Waals surface area contributed by atoms with Gasteiger partial charge in [-0.15, -0.1) is 0 Å². The van der Waals surface area contributed by atoms with Crippen LogP contribution in [0.15, 0.2) is 36.4 Å². The molecule has 0 saturated heterocycles. The molecule has 0 radical (unpaired) electrons. The van der Waals surface area contributed by atoms with Crippen molar-refractivity contribution in [1.82, 2.24) is 5.32 Å². The number of hydrogen-bond donors (Lipinski definition) is 3. The molecule has 26 heavy (non-hydrogen) atoms. The van der Waals surface area contributed by atoms with Crippen LogP contribution in [0.2, 0.25) is 0 Å². The fourth-order valence-corrected chi connectivity index (χ4v) is 2.48. The average Bonchev–Trinajstić information content (AvgIpc) is 2.62. The molecule has 2 aromatic carbocycles. The first kappa shape index (κ1) is 19.9. The first-order chi connectivity index (χ1) is 12.4. The smallest absolute Gasteiger partial charge is 0.168 e. The predicted molar refractivity (Wildman–Crippen MR) is 93.7 cm³/mol. The average molecular weight is 367 g/mol. The van der Waals surface area contributed by atoms with E-state index in [1.54, 1.807) is 7.11 Å². The molecule has 0 spiro atoms. The molecule has 2 atom stereocenters. The molecule has 1 unspecified atom stereocenters. The normalized spacial score (nSPS) is 13.3. The SMILES string of the molecule is COc1ccccc1CC(C)NC[C@H](O)COc1cc(F)c(O)cc1F. The number of aromatic hydroxyl groups is 1. The molecular weight excluding hydrogens is 344 g/mol. The van der Waals surface area contributed by atoms with Crippen LogP contribution in [0.3, 0.4) is 0 Å². The maximum atomic E-state index is 13.5. The first-order valence-electron chi connectivity index (χ1n) is 8.24. The minimum Gasteiger partial charge on any atom is -0.505 e. The van der Waals surface area contributed by atoms with Gasteiger partial charge in [0.05, 0.1) is 7.11 Å². The van der Waals surface area contributed by atoms with Gasteiger partial charge in [-0.2, -0.15) is 0 Å².